The van der Waals surface area contributed by atoms with Crippen LogP contribution in [0.5, 0.6) is 0 Å². The van der Waals surface area contributed by atoms with Crippen LogP contribution in [0.1, 0.15) is 5.56 Å². The van der Waals surface area contributed by atoms with Gasteiger partial charge in [0.05, 0.1) is 0 Å². The molecule has 4 heteroatoms. The maximum absolute atomic E-state index is 3.57. The lowest BCUT2D eigenvalue weighted by atomic mass is 10.2. The molecule has 1 aliphatic heterocycles. The quantitative estimate of drug-likeness (QED) is 0.914. The fourth-order valence-corrected chi connectivity index (χ4v) is 4.74. The maximum atomic E-state index is 3.57. The molecule has 1 aromatic carbocycles. The van der Waals surface area contributed by atoms with Crippen LogP contribution in [0.3, 0.4) is 0 Å². The predicted molar refractivity (Wildman–Crippen MR) is 79.4 cm³/mol. The van der Waals surface area contributed by atoms with Crippen molar-refractivity contribution in [3.05, 3.63) is 34.3 Å². The van der Waals surface area contributed by atoms with Crippen LogP contribution in [0, 0.1) is 0 Å². The van der Waals surface area contributed by atoms with Crippen molar-refractivity contribution in [1.29, 1.82) is 0 Å². The molecule has 0 saturated carbocycles. The Morgan fingerprint density at radius 1 is 1.31 bits per heavy atom. The molecule has 1 N–H and O–H groups in total. The molecule has 1 nitrogen and oxygen atoms in total. The third-order valence-corrected chi connectivity index (χ3v) is 6.15. The smallest absolute Gasteiger partial charge is 0.0263 e. The molecule has 1 aliphatic rings. The largest absolute Gasteiger partial charge is 0.312 e. The first-order valence-corrected chi connectivity index (χ1v) is 8.49. The van der Waals surface area contributed by atoms with Crippen LogP contribution in [-0.4, -0.2) is 29.1 Å². The van der Waals surface area contributed by atoms with Gasteiger partial charge in [-0.2, -0.15) is 23.5 Å². The molecule has 0 amide bonds. The number of hydrogen-bond acceptors (Lipinski definition) is 3. The number of thioether (sulfide) groups is 2. The Morgan fingerprint density at radius 2 is 2.19 bits per heavy atom. The number of halogens is 1. The lowest BCUT2D eigenvalue weighted by molar-refractivity contribution is 0.684. The van der Waals surface area contributed by atoms with Crippen molar-refractivity contribution in [2.24, 2.45) is 0 Å². The van der Waals surface area contributed by atoms with Crippen molar-refractivity contribution in [3.63, 3.8) is 0 Å². The summed E-state index contributed by atoms with van der Waals surface area (Å²) in [6.45, 7) is 2.09. The summed E-state index contributed by atoms with van der Waals surface area (Å²) < 4.78 is 1.20. The van der Waals surface area contributed by atoms with Gasteiger partial charge in [-0.1, -0.05) is 34.1 Å². The van der Waals surface area contributed by atoms with E-state index in [9.17, 15) is 0 Å². The van der Waals surface area contributed by atoms with Gasteiger partial charge in [-0.15, -0.1) is 0 Å². The predicted octanol–water partition coefficient (Wildman–Crippen LogP) is 3.39. The zero-order valence-electron chi connectivity index (χ0n) is 9.12. The van der Waals surface area contributed by atoms with Gasteiger partial charge in [-0.3, -0.25) is 0 Å². The lowest BCUT2D eigenvalue weighted by Crippen LogP contribution is -2.28. The summed E-state index contributed by atoms with van der Waals surface area (Å²) in [7, 11) is 0. The first kappa shape index (κ1) is 12.8. The summed E-state index contributed by atoms with van der Waals surface area (Å²) in [4.78, 5) is 0. The standard InChI is InChI=1S/C12H16BrNS2/c13-12-4-2-1-3-10(12)7-14-8-11-9-15-5-6-16-11/h1-4,11,14H,5-9H2. The Morgan fingerprint density at radius 3 is 2.94 bits per heavy atom. The van der Waals surface area contributed by atoms with Crippen LogP contribution in [0.25, 0.3) is 0 Å². The minimum absolute atomic E-state index is 0.793. The Kier molecular flexibility index (Phi) is 5.56. The van der Waals surface area contributed by atoms with Crippen molar-refractivity contribution in [1.82, 2.24) is 5.32 Å². The van der Waals surface area contributed by atoms with Gasteiger partial charge in [0.15, 0.2) is 0 Å². The zero-order chi connectivity index (χ0) is 11.2. The van der Waals surface area contributed by atoms with Crippen LogP contribution in [-0.2, 0) is 6.54 Å². The van der Waals surface area contributed by atoms with E-state index in [0.717, 1.165) is 18.3 Å². The van der Waals surface area contributed by atoms with E-state index in [0.29, 0.717) is 0 Å². The van der Waals surface area contributed by atoms with Gasteiger partial charge < -0.3 is 5.32 Å². The molecule has 1 aromatic rings. The Balaban J connectivity index is 1.73. The Labute approximate surface area is 114 Å². The van der Waals surface area contributed by atoms with Crippen LogP contribution >= 0.6 is 39.5 Å². The normalized spacial score (nSPS) is 20.9. The van der Waals surface area contributed by atoms with E-state index in [4.69, 9.17) is 0 Å². The molecule has 1 unspecified atom stereocenters. The van der Waals surface area contributed by atoms with E-state index in [-0.39, 0.29) is 0 Å². The number of hydrogen-bond donors (Lipinski definition) is 1. The maximum Gasteiger partial charge on any atom is 0.0263 e. The molecule has 16 heavy (non-hydrogen) atoms. The van der Waals surface area contributed by atoms with Crippen molar-refractivity contribution in [2.45, 2.75) is 11.8 Å². The molecular weight excluding hydrogens is 302 g/mol. The summed E-state index contributed by atoms with van der Waals surface area (Å²) in [5, 5.41) is 4.34. The number of rotatable bonds is 4. The van der Waals surface area contributed by atoms with Crippen LogP contribution in [0.2, 0.25) is 0 Å². The average Bonchev–Trinajstić information content (AvgIpc) is 2.33. The molecule has 0 radical (unpaired) electrons. The molecule has 0 aliphatic carbocycles. The zero-order valence-corrected chi connectivity index (χ0v) is 12.3. The first-order chi connectivity index (χ1) is 7.86. The highest BCUT2D eigenvalue weighted by molar-refractivity contribution is 9.10. The van der Waals surface area contributed by atoms with Gasteiger partial charge in [-0.05, 0) is 11.6 Å². The van der Waals surface area contributed by atoms with Gasteiger partial charge in [0.25, 0.3) is 0 Å². The van der Waals surface area contributed by atoms with Gasteiger partial charge >= 0.3 is 0 Å². The summed E-state index contributed by atoms with van der Waals surface area (Å²) in [6, 6.07) is 8.41. The molecule has 2 rings (SSSR count). The van der Waals surface area contributed by atoms with Crippen LogP contribution in [0.4, 0.5) is 0 Å². The summed E-state index contributed by atoms with van der Waals surface area (Å²) in [6.07, 6.45) is 0. The second kappa shape index (κ2) is 6.94. The minimum Gasteiger partial charge on any atom is -0.312 e. The molecule has 1 heterocycles. The number of nitrogens with one attached hydrogen (secondary N) is 1. The number of benzene rings is 1. The van der Waals surface area contributed by atoms with Gasteiger partial charge in [0, 0.05) is 40.1 Å². The van der Waals surface area contributed by atoms with E-state index in [1.165, 1.54) is 27.3 Å². The van der Waals surface area contributed by atoms with Crippen molar-refractivity contribution in [2.75, 3.05) is 23.8 Å². The van der Waals surface area contributed by atoms with Crippen LogP contribution < -0.4 is 5.32 Å². The fraction of sp³-hybridized carbons (Fsp3) is 0.500. The fourth-order valence-electron chi connectivity index (χ4n) is 1.66. The summed E-state index contributed by atoms with van der Waals surface area (Å²) in [5.74, 6) is 3.94. The Bertz CT molecular complexity index is 327. The molecule has 0 bridgehead atoms. The molecule has 88 valence electrons. The van der Waals surface area contributed by atoms with Crippen molar-refractivity contribution in [3.8, 4) is 0 Å². The summed E-state index contributed by atoms with van der Waals surface area (Å²) >= 11 is 7.76. The highest BCUT2D eigenvalue weighted by Crippen LogP contribution is 2.23. The third-order valence-electron chi connectivity index (χ3n) is 2.53. The topological polar surface area (TPSA) is 12.0 Å². The van der Waals surface area contributed by atoms with Crippen molar-refractivity contribution >= 4 is 39.5 Å². The molecular formula is C12H16BrNS2. The lowest BCUT2D eigenvalue weighted by Gasteiger charge is -2.21. The Hall–Kier alpha value is 0.360. The molecule has 0 spiro atoms. The van der Waals surface area contributed by atoms with Crippen molar-refractivity contribution < 1.29 is 0 Å². The van der Waals surface area contributed by atoms with E-state index in [1.54, 1.807) is 0 Å². The van der Waals surface area contributed by atoms with E-state index < -0.39 is 0 Å². The monoisotopic (exact) mass is 317 g/mol. The molecule has 1 fully saturated rings. The van der Waals surface area contributed by atoms with E-state index in [1.807, 2.05) is 0 Å². The van der Waals surface area contributed by atoms with E-state index >= 15 is 0 Å². The molecule has 1 saturated heterocycles. The summed E-state index contributed by atoms with van der Waals surface area (Å²) in [5.41, 5.74) is 1.34. The minimum atomic E-state index is 0.793. The van der Waals surface area contributed by atoms with Gasteiger partial charge in [0.2, 0.25) is 0 Å². The SMILES string of the molecule is Brc1ccccc1CNCC1CSCCS1. The molecule has 1 atom stereocenters. The van der Waals surface area contributed by atoms with Gasteiger partial charge in [-0.25, -0.2) is 0 Å². The van der Waals surface area contributed by atoms with E-state index in [2.05, 4.69) is 69.0 Å². The molecule has 0 aromatic heterocycles. The third kappa shape index (κ3) is 3.99. The highest BCUT2D eigenvalue weighted by Gasteiger charge is 2.13. The second-order valence-electron chi connectivity index (χ2n) is 3.79. The second-order valence-corrected chi connectivity index (χ2v) is 7.20. The highest BCUT2D eigenvalue weighted by atomic mass is 79.9. The first-order valence-electron chi connectivity index (χ1n) is 5.50. The van der Waals surface area contributed by atoms with Gasteiger partial charge in [0.1, 0.15) is 0 Å². The average molecular weight is 318 g/mol. The van der Waals surface area contributed by atoms with Crippen LogP contribution in [0.15, 0.2) is 28.7 Å².